The minimum absolute atomic E-state index is 0.0559. The topological polar surface area (TPSA) is 109 Å². The molecule has 0 aromatic carbocycles. The fourth-order valence-electron chi connectivity index (χ4n) is 1.87. The molecule has 0 bridgehead atoms. The molecule has 1 aliphatic rings. The summed E-state index contributed by atoms with van der Waals surface area (Å²) in [7, 11) is -3.55. The van der Waals surface area contributed by atoms with Gasteiger partial charge < -0.3 is 10.8 Å². The summed E-state index contributed by atoms with van der Waals surface area (Å²) >= 11 is 0.873. The van der Waals surface area contributed by atoms with Crippen LogP contribution < -0.4 is 5.73 Å². The molecule has 0 saturated carbocycles. The number of aliphatic hydroxyl groups excluding tert-OH is 1. The number of aliphatic hydroxyl groups is 1. The van der Waals surface area contributed by atoms with Crippen molar-refractivity contribution in [2.75, 3.05) is 25.4 Å². The van der Waals surface area contributed by atoms with Crippen molar-refractivity contribution in [3.63, 3.8) is 0 Å². The van der Waals surface area contributed by atoms with Crippen LogP contribution in [0.3, 0.4) is 0 Å². The van der Waals surface area contributed by atoms with Crippen LogP contribution in [-0.4, -0.2) is 47.7 Å². The molecule has 1 aromatic rings. The Labute approximate surface area is 103 Å². The monoisotopic (exact) mass is 278 g/mol. The van der Waals surface area contributed by atoms with Gasteiger partial charge in [0.25, 0.3) is 10.0 Å². The number of hydrogen-bond acceptors (Lipinski definition) is 7. The lowest BCUT2D eigenvalue weighted by atomic mass is 10.1. The number of sulfonamides is 1. The van der Waals surface area contributed by atoms with E-state index in [1.54, 1.807) is 0 Å². The van der Waals surface area contributed by atoms with Crippen molar-refractivity contribution in [1.29, 1.82) is 0 Å². The molecule has 2 rings (SSSR count). The molecule has 0 spiro atoms. The Bertz CT molecular complexity index is 487. The Morgan fingerprint density at radius 2 is 2.29 bits per heavy atom. The highest BCUT2D eigenvalue weighted by Gasteiger charge is 2.34. The van der Waals surface area contributed by atoms with Crippen LogP contribution in [0.5, 0.6) is 0 Å². The lowest BCUT2D eigenvalue weighted by Gasteiger charge is -2.13. The van der Waals surface area contributed by atoms with Crippen molar-refractivity contribution < 1.29 is 13.5 Å². The lowest BCUT2D eigenvalue weighted by molar-refractivity contribution is 0.259. The summed E-state index contributed by atoms with van der Waals surface area (Å²) in [5.41, 5.74) is 5.38. The predicted octanol–water partition coefficient (Wildman–Crippen LogP) is -0.487. The molecule has 1 aromatic heterocycles. The number of nitrogens with two attached hydrogens (primary N) is 1. The number of hydrogen-bond donors (Lipinski definition) is 2. The highest BCUT2D eigenvalue weighted by Crippen LogP contribution is 2.27. The van der Waals surface area contributed by atoms with E-state index in [0.717, 1.165) is 17.8 Å². The minimum Gasteiger partial charge on any atom is -0.396 e. The van der Waals surface area contributed by atoms with Crippen molar-refractivity contribution in [3.8, 4) is 0 Å². The lowest BCUT2D eigenvalue weighted by Crippen LogP contribution is -2.29. The van der Waals surface area contributed by atoms with E-state index < -0.39 is 10.0 Å². The van der Waals surface area contributed by atoms with E-state index in [1.807, 2.05) is 0 Å². The van der Waals surface area contributed by atoms with Gasteiger partial charge >= 0.3 is 0 Å². The van der Waals surface area contributed by atoms with E-state index >= 15 is 0 Å². The Kier molecular flexibility index (Phi) is 3.61. The molecular weight excluding hydrogens is 264 g/mol. The van der Waals surface area contributed by atoms with Crippen LogP contribution in [0.1, 0.15) is 12.8 Å². The van der Waals surface area contributed by atoms with Crippen molar-refractivity contribution in [3.05, 3.63) is 0 Å². The Morgan fingerprint density at radius 3 is 2.88 bits per heavy atom. The molecule has 96 valence electrons. The van der Waals surface area contributed by atoms with Crippen molar-refractivity contribution in [1.82, 2.24) is 14.5 Å². The summed E-state index contributed by atoms with van der Waals surface area (Å²) in [6.07, 6.45) is 1.40. The van der Waals surface area contributed by atoms with Gasteiger partial charge in [-0.1, -0.05) is 11.3 Å². The first kappa shape index (κ1) is 12.7. The zero-order chi connectivity index (χ0) is 12.5. The van der Waals surface area contributed by atoms with Crippen LogP contribution in [0.25, 0.3) is 0 Å². The van der Waals surface area contributed by atoms with Crippen molar-refractivity contribution >= 4 is 26.5 Å². The molecule has 0 radical (unpaired) electrons. The summed E-state index contributed by atoms with van der Waals surface area (Å²) in [4.78, 5) is 0. The molecule has 17 heavy (non-hydrogen) atoms. The number of nitrogens with zero attached hydrogens (tertiary/aromatic N) is 3. The second-order valence-corrected chi connectivity index (χ2v) is 7.06. The maximum Gasteiger partial charge on any atom is 0.272 e. The van der Waals surface area contributed by atoms with Gasteiger partial charge in [-0.05, 0) is 18.8 Å². The summed E-state index contributed by atoms with van der Waals surface area (Å²) in [5, 5.41) is 16.1. The van der Waals surface area contributed by atoms with Gasteiger partial charge in [-0.15, -0.1) is 10.2 Å². The number of anilines is 1. The Morgan fingerprint density at radius 1 is 1.53 bits per heavy atom. The van der Waals surface area contributed by atoms with E-state index in [2.05, 4.69) is 10.2 Å². The number of aromatic nitrogens is 2. The fraction of sp³-hybridized carbons (Fsp3) is 0.750. The van der Waals surface area contributed by atoms with E-state index in [4.69, 9.17) is 10.8 Å². The molecule has 3 N–H and O–H groups in total. The van der Waals surface area contributed by atoms with E-state index in [-0.39, 0.29) is 22.0 Å². The SMILES string of the molecule is Nc1nnc(S(=O)(=O)N2CCC(CCO)C2)s1. The maximum absolute atomic E-state index is 12.1. The molecule has 1 saturated heterocycles. The highest BCUT2D eigenvalue weighted by molar-refractivity contribution is 7.91. The summed E-state index contributed by atoms with van der Waals surface area (Å²) < 4.78 is 25.6. The summed E-state index contributed by atoms with van der Waals surface area (Å²) in [6, 6.07) is 0. The van der Waals surface area contributed by atoms with Crippen molar-refractivity contribution in [2.45, 2.75) is 17.2 Å². The normalized spacial score (nSPS) is 22.1. The fourth-order valence-corrected chi connectivity index (χ4v) is 4.32. The zero-order valence-electron chi connectivity index (χ0n) is 9.11. The summed E-state index contributed by atoms with van der Waals surface area (Å²) in [5.74, 6) is 0.222. The van der Waals surface area contributed by atoms with Gasteiger partial charge in [-0.25, -0.2) is 8.42 Å². The molecule has 1 unspecified atom stereocenters. The molecule has 1 fully saturated rings. The van der Waals surface area contributed by atoms with Crippen LogP contribution in [0, 0.1) is 5.92 Å². The van der Waals surface area contributed by atoms with Gasteiger partial charge in [-0.2, -0.15) is 4.31 Å². The third-order valence-corrected chi connectivity index (χ3v) is 5.73. The van der Waals surface area contributed by atoms with Crippen molar-refractivity contribution in [2.24, 2.45) is 5.92 Å². The average molecular weight is 278 g/mol. The standard InChI is InChI=1S/C8H14N4O3S2/c9-7-10-11-8(16-7)17(14,15)12-3-1-6(5-12)2-4-13/h6,13H,1-5H2,(H2,9,10). The number of nitrogen functional groups attached to an aromatic ring is 1. The first-order chi connectivity index (χ1) is 8.04. The van der Waals surface area contributed by atoms with Gasteiger partial charge in [-0.3, -0.25) is 0 Å². The molecule has 1 aliphatic heterocycles. The Hall–Kier alpha value is -0.770. The third kappa shape index (κ3) is 2.57. The molecule has 0 amide bonds. The van der Waals surface area contributed by atoms with Crippen LogP contribution in [-0.2, 0) is 10.0 Å². The quantitative estimate of drug-likeness (QED) is 0.769. The van der Waals surface area contributed by atoms with Gasteiger partial charge in [0.2, 0.25) is 9.47 Å². The minimum atomic E-state index is -3.55. The summed E-state index contributed by atoms with van der Waals surface area (Å²) in [6.45, 7) is 0.985. The van der Waals surface area contributed by atoms with Gasteiger partial charge in [0.15, 0.2) is 0 Å². The second-order valence-electron chi connectivity index (χ2n) is 3.94. The van der Waals surface area contributed by atoms with Crippen LogP contribution >= 0.6 is 11.3 Å². The van der Waals surface area contributed by atoms with Gasteiger partial charge in [0.1, 0.15) is 0 Å². The Balaban J connectivity index is 2.13. The smallest absolute Gasteiger partial charge is 0.272 e. The molecule has 9 heteroatoms. The van der Waals surface area contributed by atoms with E-state index in [1.165, 1.54) is 4.31 Å². The zero-order valence-corrected chi connectivity index (χ0v) is 10.7. The van der Waals surface area contributed by atoms with Crippen LogP contribution in [0.4, 0.5) is 5.13 Å². The van der Waals surface area contributed by atoms with Crippen LogP contribution in [0.2, 0.25) is 0 Å². The highest BCUT2D eigenvalue weighted by atomic mass is 32.2. The molecule has 2 heterocycles. The molecule has 0 aliphatic carbocycles. The first-order valence-electron chi connectivity index (χ1n) is 5.24. The number of rotatable bonds is 4. The predicted molar refractivity (Wildman–Crippen MR) is 62.9 cm³/mol. The maximum atomic E-state index is 12.1. The average Bonchev–Trinajstić information content (AvgIpc) is 2.88. The molecular formula is C8H14N4O3S2. The van der Waals surface area contributed by atoms with E-state index in [0.29, 0.717) is 19.5 Å². The van der Waals surface area contributed by atoms with Gasteiger partial charge in [0, 0.05) is 19.7 Å². The first-order valence-corrected chi connectivity index (χ1v) is 7.49. The molecule has 7 nitrogen and oxygen atoms in total. The second kappa shape index (κ2) is 4.84. The largest absolute Gasteiger partial charge is 0.396 e. The third-order valence-electron chi connectivity index (χ3n) is 2.77. The van der Waals surface area contributed by atoms with Crippen LogP contribution in [0.15, 0.2) is 4.34 Å². The van der Waals surface area contributed by atoms with Gasteiger partial charge in [0.05, 0.1) is 0 Å². The van der Waals surface area contributed by atoms with E-state index in [9.17, 15) is 8.42 Å². The molecule has 1 atom stereocenters.